The van der Waals surface area contributed by atoms with Crippen molar-refractivity contribution < 1.29 is 22.7 Å². The number of aromatic nitrogens is 2. The number of alkyl halides is 3. The second-order valence-electron chi connectivity index (χ2n) is 3.09. The van der Waals surface area contributed by atoms with Gasteiger partial charge in [0.05, 0.1) is 0 Å². The zero-order valence-electron chi connectivity index (χ0n) is 8.36. The average molecular weight is 234 g/mol. The first kappa shape index (κ1) is 12.4. The molecular formula is C9H9F3N2O2. The predicted molar refractivity (Wildman–Crippen MR) is 47.6 cm³/mol. The Bertz CT molecular complexity index is 368. The van der Waals surface area contributed by atoms with Gasteiger partial charge in [0.15, 0.2) is 0 Å². The van der Waals surface area contributed by atoms with Crippen molar-refractivity contribution in [1.82, 2.24) is 9.97 Å². The summed E-state index contributed by atoms with van der Waals surface area (Å²) in [5.41, 5.74) is 0.128. The van der Waals surface area contributed by atoms with Gasteiger partial charge in [-0.15, -0.1) is 0 Å². The van der Waals surface area contributed by atoms with E-state index in [1.165, 1.54) is 6.92 Å². The van der Waals surface area contributed by atoms with E-state index < -0.39 is 18.7 Å². The van der Waals surface area contributed by atoms with Crippen LogP contribution in [0.4, 0.5) is 13.2 Å². The molecule has 0 spiro atoms. The normalized spacial score (nSPS) is 13.2. The van der Waals surface area contributed by atoms with Crippen LogP contribution in [-0.2, 0) is 9.53 Å². The quantitative estimate of drug-likeness (QED) is 0.742. The van der Waals surface area contributed by atoms with Gasteiger partial charge >= 0.3 is 6.18 Å². The summed E-state index contributed by atoms with van der Waals surface area (Å²) >= 11 is 0. The summed E-state index contributed by atoms with van der Waals surface area (Å²) < 4.78 is 42.1. The van der Waals surface area contributed by atoms with Gasteiger partial charge in [0, 0.05) is 17.5 Å². The van der Waals surface area contributed by atoms with Crippen LogP contribution in [0.3, 0.4) is 0 Å². The lowest BCUT2D eigenvalue weighted by Gasteiger charge is -2.20. The summed E-state index contributed by atoms with van der Waals surface area (Å²) in [6.45, 7) is 0.662. The van der Waals surface area contributed by atoms with E-state index in [4.69, 9.17) is 0 Å². The van der Waals surface area contributed by atoms with E-state index >= 15 is 0 Å². The summed E-state index contributed by atoms with van der Waals surface area (Å²) in [5.74, 6) is -1.89. The van der Waals surface area contributed by atoms with Crippen LogP contribution in [0, 0.1) is 6.92 Å². The van der Waals surface area contributed by atoms with Crippen LogP contribution in [0.1, 0.15) is 17.2 Å². The first-order valence-corrected chi connectivity index (χ1v) is 4.35. The highest BCUT2D eigenvalue weighted by Crippen LogP contribution is 2.35. The summed E-state index contributed by atoms with van der Waals surface area (Å²) in [6.07, 6.45) is -2.26. The molecule has 0 saturated carbocycles. The molecule has 0 bridgehead atoms. The zero-order chi connectivity index (χ0) is 12.2. The topological polar surface area (TPSA) is 52.1 Å². The van der Waals surface area contributed by atoms with Crippen LogP contribution < -0.4 is 0 Å². The van der Waals surface area contributed by atoms with Crippen molar-refractivity contribution >= 4 is 6.47 Å². The van der Waals surface area contributed by atoms with Crippen molar-refractivity contribution in [3.63, 3.8) is 0 Å². The average Bonchev–Trinajstić information content (AvgIpc) is 2.19. The second-order valence-corrected chi connectivity index (χ2v) is 3.09. The standard InChI is InChI=1S/C9H9F3N2O2/c1-6-7(2-13-4-14-6)8(3-16-5-15)9(10,11)12/h2,4-5,8H,3H2,1H3. The van der Waals surface area contributed by atoms with E-state index in [0.717, 1.165) is 12.5 Å². The molecule has 0 radical (unpaired) electrons. The Morgan fingerprint density at radius 1 is 1.56 bits per heavy atom. The highest BCUT2D eigenvalue weighted by atomic mass is 19.4. The van der Waals surface area contributed by atoms with Crippen molar-refractivity contribution in [3.05, 3.63) is 23.8 Å². The molecule has 1 aromatic rings. The molecule has 16 heavy (non-hydrogen) atoms. The maximum Gasteiger partial charge on any atom is 0.399 e. The van der Waals surface area contributed by atoms with E-state index in [2.05, 4.69) is 14.7 Å². The van der Waals surface area contributed by atoms with E-state index in [1.807, 2.05) is 0 Å². The highest BCUT2D eigenvalue weighted by Gasteiger charge is 2.42. The fourth-order valence-electron chi connectivity index (χ4n) is 1.24. The van der Waals surface area contributed by atoms with Gasteiger partial charge in [-0.1, -0.05) is 0 Å². The Hall–Kier alpha value is -1.66. The molecule has 1 unspecified atom stereocenters. The summed E-state index contributed by atoms with van der Waals surface area (Å²) in [6, 6.07) is 0. The van der Waals surface area contributed by atoms with E-state index in [1.54, 1.807) is 0 Å². The van der Waals surface area contributed by atoms with Crippen LogP contribution in [0.25, 0.3) is 0 Å². The van der Waals surface area contributed by atoms with E-state index in [9.17, 15) is 18.0 Å². The molecule has 1 heterocycles. The van der Waals surface area contributed by atoms with Crippen molar-refractivity contribution in [3.8, 4) is 0 Å². The van der Waals surface area contributed by atoms with Crippen molar-refractivity contribution in [2.24, 2.45) is 0 Å². The zero-order valence-corrected chi connectivity index (χ0v) is 8.36. The Morgan fingerprint density at radius 3 is 2.75 bits per heavy atom. The minimum absolute atomic E-state index is 0.0160. The van der Waals surface area contributed by atoms with Crippen LogP contribution in [0.15, 0.2) is 12.5 Å². The molecule has 0 aliphatic rings. The van der Waals surface area contributed by atoms with Gasteiger partial charge in [-0.2, -0.15) is 13.2 Å². The smallest absolute Gasteiger partial charge is 0.399 e. The van der Waals surface area contributed by atoms with Crippen molar-refractivity contribution in [2.45, 2.75) is 19.0 Å². The number of aryl methyl sites for hydroxylation is 1. The Kier molecular flexibility index (Phi) is 3.81. The lowest BCUT2D eigenvalue weighted by molar-refractivity contribution is -0.165. The third-order valence-corrected chi connectivity index (χ3v) is 2.05. The number of carbonyl (C=O) groups excluding carboxylic acids is 1. The van der Waals surface area contributed by atoms with E-state index in [0.29, 0.717) is 0 Å². The number of nitrogens with zero attached hydrogens (tertiary/aromatic N) is 2. The van der Waals surface area contributed by atoms with Gasteiger partial charge in [0.1, 0.15) is 18.9 Å². The molecule has 0 aliphatic heterocycles. The SMILES string of the molecule is Cc1ncncc1C(COC=O)C(F)(F)F. The molecule has 0 fully saturated rings. The molecule has 1 rings (SSSR count). The monoisotopic (exact) mass is 234 g/mol. The number of carbonyl (C=O) groups is 1. The second kappa shape index (κ2) is 4.91. The molecule has 0 saturated heterocycles. The molecule has 4 nitrogen and oxygen atoms in total. The minimum Gasteiger partial charge on any atom is -0.467 e. The van der Waals surface area contributed by atoms with Crippen LogP contribution in [0.2, 0.25) is 0 Å². The summed E-state index contributed by atoms with van der Waals surface area (Å²) in [7, 11) is 0. The number of hydrogen-bond donors (Lipinski definition) is 0. The largest absolute Gasteiger partial charge is 0.467 e. The lowest BCUT2D eigenvalue weighted by atomic mass is 10.00. The minimum atomic E-state index is -4.50. The number of rotatable bonds is 4. The fraction of sp³-hybridized carbons (Fsp3) is 0.444. The third kappa shape index (κ3) is 2.91. The van der Waals surface area contributed by atoms with Crippen LogP contribution in [-0.4, -0.2) is 29.2 Å². The summed E-state index contributed by atoms with van der Waals surface area (Å²) in [4.78, 5) is 17.1. The van der Waals surface area contributed by atoms with Crippen molar-refractivity contribution in [2.75, 3.05) is 6.61 Å². The molecule has 0 aromatic carbocycles. The third-order valence-electron chi connectivity index (χ3n) is 2.05. The first-order valence-electron chi connectivity index (χ1n) is 4.35. The molecule has 1 aromatic heterocycles. The molecule has 0 amide bonds. The number of hydrogen-bond acceptors (Lipinski definition) is 4. The van der Waals surface area contributed by atoms with Gasteiger partial charge in [0.25, 0.3) is 6.47 Å². The molecule has 88 valence electrons. The number of ether oxygens (including phenoxy) is 1. The number of halogens is 3. The van der Waals surface area contributed by atoms with E-state index in [-0.39, 0.29) is 17.7 Å². The highest BCUT2D eigenvalue weighted by molar-refractivity contribution is 5.37. The molecule has 0 N–H and O–H groups in total. The van der Waals surface area contributed by atoms with Gasteiger partial charge in [-0.25, -0.2) is 9.97 Å². The first-order chi connectivity index (χ1) is 7.46. The molecule has 0 aliphatic carbocycles. The molecule has 1 atom stereocenters. The maximum atomic E-state index is 12.7. The fourth-order valence-corrected chi connectivity index (χ4v) is 1.24. The Balaban J connectivity index is 3.01. The Morgan fingerprint density at radius 2 is 2.25 bits per heavy atom. The van der Waals surface area contributed by atoms with Gasteiger partial charge in [-0.3, -0.25) is 4.79 Å². The van der Waals surface area contributed by atoms with Crippen LogP contribution >= 0.6 is 0 Å². The molecule has 7 heteroatoms. The predicted octanol–water partition coefficient (Wildman–Crippen LogP) is 1.60. The van der Waals surface area contributed by atoms with Crippen LogP contribution in [0.5, 0.6) is 0 Å². The maximum absolute atomic E-state index is 12.7. The molecular weight excluding hydrogens is 225 g/mol. The van der Waals surface area contributed by atoms with Gasteiger partial charge < -0.3 is 4.74 Å². The summed E-state index contributed by atoms with van der Waals surface area (Å²) in [5, 5.41) is 0. The Labute approximate surface area is 89.5 Å². The van der Waals surface area contributed by atoms with Crippen molar-refractivity contribution in [1.29, 1.82) is 0 Å². The van der Waals surface area contributed by atoms with Gasteiger partial charge in [-0.05, 0) is 6.92 Å². The van der Waals surface area contributed by atoms with Gasteiger partial charge in [0.2, 0.25) is 0 Å². The lowest BCUT2D eigenvalue weighted by Crippen LogP contribution is -2.26.